The Labute approximate surface area is 180 Å². The third kappa shape index (κ3) is 4.66. The molecule has 1 heterocycles. The Balaban J connectivity index is 1.74. The van der Waals surface area contributed by atoms with Gasteiger partial charge >= 0.3 is 12.4 Å². The van der Waals surface area contributed by atoms with E-state index in [1.54, 1.807) is 6.07 Å². The number of H-pyrrole nitrogens is 1. The molecular weight excluding hydrogens is 436 g/mol. The van der Waals surface area contributed by atoms with E-state index < -0.39 is 35.0 Å². The highest BCUT2D eigenvalue weighted by Gasteiger charge is 2.43. The Morgan fingerprint density at radius 1 is 0.906 bits per heavy atom. The molecule has 3 nitrogen and oxygen atoms in total. The van der Waals surface area contributed by atoms with Gasteiger partial charge in [-0.25, -0.2) is 0 Å². The van der Waals surface area contributed by atoms with Crippen LogP contribution in [0.2, 0.25) is 0 Å². The van der Waals surface area contributed by atoms with E-state index in [1.807, 2.05) is 6.20 Å². The van der Waals surface area contributed by atoms with Gasteiger partial charge in [-0.15, -0.1) is 0 Å². The number of nitrogens with one attached hydrogen (secondary N) is 1. The number of halogens is 6. The molecule has 1 aromatic heterocycles. The van der Waals surface area contributed by atoms with Crippen LogP contribution in [-0.4, -0.2) is 4.98 Å². The summed E-state index contributed by atoms with van der Waals surface area (Å²) >= 11 is 0. The van der Waals surface area contributed by atoms with Crippen molar-refractivity contribution in [3.63, 3.8) is 0 Å². The molecule has 0 spiro atoms. The van der Waals surface area contributed by atoms with E-state index in [2.05, 4.69) is 4.98 Å². The summed E-state index contributed by atoms with van der Waals surface area (Å²) < 4.78 is 85.8. The predicted molar refractivity (Wildman–Crippen MR) is 105 cm³/mol. The minimum absolute atomic E-state index is 0.119. The van der Waals surface area contributed by atoms with Crippen LogP contribution < -0.4 is 4.74 Å². The zero-order valence-electron chi connectivity index (χ0n) is 16.9. The molecule has 1 fully saturated rings. The van der Waals surface area contributed by atoms with Gasteiger partial charge in [0.15, 0.2) is 11.5 Å². The van der Waals surface area contributed by atoms with Gasteiger partial charge in [-0.2, -0.15) is 26.3 Å². The molecule has 171 valence electrons. The molecule has 0 bridgehead atoms. The molecule has 1 saturated carbocycles. The normalized spacial score (nSPS) is 15.9. The summed E-state index contributed by atoms with van der Waals surface area (Å²) in [6, 6.07) is 4.53. The smallest absolute Gasteiger partial charge is 0.420 e. The number of alkyl halides is 6. The number of ether oxygens (including phenoxy) is 1. The molecular formula is C23H20F6NO2. The fraction of sp³-hybridized carbons (Fsp3) is 0.391. The number of aromatic nitrogens is 1. The Kier molecular flexibility index (Phi) is 5.77. The lowest BCUT2D eigenvalue weighted by atomic mass is 9.85. The van der Waals surface area contributed by atoms with Crippen molar-refractivity contribution in [1.82, 2.24) is 4.98 Å². The molecule has 0 aliphatic heterocycles. The average Bonchev–Trinajstić information content (AvgIpc) is 3.10. The van der Waals surface area contributed by atoms with E-state index in [4.69, 9.17) is 4.74 Å². The lowest BCUT2D eigenvalue weighted by Gasteiger charge is -2.21. The number of benzene rings is 2. The van der Waals surface area contributed by atoms with Crippen molar-refractivity contribution < 1.29 is 36.2 Å². The minimum Gasteiger partial charge on any atom is -0.456 e. The predicted octanol–water partition coefficient (Wildman–Crippen LogP) is 8.26. The Bertz CT molecular complexity index is 1070. The summed E-state index contributed by atoms with van der Waals surface area (Å²) in [5, 5.41) is 12.2. The average molecular weight is 456 g/mol. The molecule has 1 aliphatic carbocycles. The molecule has 32 heavy (non-hydrogen) atoms. The maximum atomic E-state index is 13.4. The summed E-state index contributed by atoms with van der Waals surface area (Å²) in [5.41, 5.74) is -1.85. The second-order valence-electron chi connectivity index (χ2n) is 8.17. The number of aromatic amines is 1. The van der Waals surface area contributed by atoms with Crippen LogP contribution in [0.25, 0.3) is 10.9 Å². The van der Waals surface area contributed by atoms with Gasteiger partial charge in [0.05, 0.1) is 0 Å². The summed E-state index contributed by atoms with van der Waals surface area (Å²) in [6.45, 7) is 0. The van der Waals surface area contributed by atoms with E-state index in [-0.39, 0.29) is 17.9 Å². The molecule has 3 aromatic rings. The van der Waals surface area contributed by atoms with Crippen LogP contribution in [0, 0.1) is 5.92 Å². The maximum absolute atomic E-state index is 13.4. The van der Waals surface area contributed by atoms with Crippen LogP contribution in [0.3, 0.4) is 0 Å². The Morgan fingerprint density at radius 3 is 2.12 bits per heavy atom. The van der Waals surface area contributed by atoms with Gasteiger partial charge in [0.25, 0.3) is 0 Å². The van der Waals surface area contributed by atoms with Gasteiger partial charge in [-0.1, -0.05) is 32.1 Å². The number of fused-ring (bicyclic) bond motifs is 1. The summed E-state index contributed by atoms with van der Waals surface area (Å²) in [4.78, 5) is 3.09. The van der Waals surface area contributed by atoms with Crippen LogP contribution in [-0.2, 0) is 23.9 Å². The van der Waals surface area contributed by atoms with Gasteiger partial charge in [0.2, 0.25) is 0 Å². The first kappa shape index (κ1) is 22.4. The van der Waals surface area contributed by atoms with Crippen molar-refractivity contribution in [2.75, 3.05) is 0 Å². The second-order valence-corrected chi connectivity index (χ2v) is 8.17. The molecule has 1 aliphatic rings. The standard InChI is InChI=1S/C23H20F6NO2/c24-22(25,26)18-9-15(31)10-19(23(27,28)29)21(18)32-16-6-7-20-17(11-16)14(12-30-20)8-13-4-2-1-3-5-13/h6-7,9-13,30H,1-5,8H2. The first-order valence-corrected chi connectivity index (χ1v) is 10.3. The van der Waals surface area contributed by atoms with E-state index in [0.29, 0.717) is 16.8 Å². The van der Waals surface area contributed by atoms with Crippen molar-refractivity contribution in [3.05, 3.63) is 53.2 Å². The molecule has 0 saturated heterocycles. The number of rotatable bonds is 4. The van der Waals surface area contributed by atoms with E-state index in [9.17, 15) is 31.4 Å². The maximum Gasteiger partial charge on any atom is 0.420 e. The van der Waals surface area contributed by atoms with Gasteiger partial charge in [0, 0.05) is 29.2 Å². The van der Waals surface area contributed by atoms with Crippen molar-refractivity contribution in [1.29, 1.82) is 0 Å². The highest BCUT2D eigenvalue weighted by atomic mass is 19.4. The van der Waals surface area contributed by atoms with Crippen LogP contribution in [0.4, 0.5) is 26.3 Å². The van der Waals surface area contributed by atoms with Crippen LogP contribution >= 0.6 is 0 Å². The SMILES string of the molecule is [O]c1cc(C(F)(F)F)c(Oc2ccc3[nH]cc(CC4CCCCC4)c3c2)c(C(F)(F)F)c1. The van der Waals surface area contributed by atoms with E-state index in [1.165, 1.54) is 18.6 Å². The Hall–Kier alpha value is -2.84. The van der Waals surface area contributed by atoms with Crippen LogP contribution in [0.5, 0.6) is 17.2 Å². The topological polar surface area (TPSA) is 44.9 Å². The molecule has 4 rings (SSSR count). The monoisotopic (exact) mass is 456 g/mol. The third-order valence-electron chi connectivity index (χ3n) is 5.87. The molecule has 2 aromatic carbocycles. The first-order valence-electron chi connectivity index (χ1n) is 10.3. The second kappa shape index (κ2) is 8.26. The minimum atomic E-state index is -5.19. The lowest BCUT2D eigenvalue weighted by Crippen LogP contribution is -2.13. The van der Waals surface area contributed by atoms with Crippen LogP contribution in [0.1, 0.15) is 48.8 Å². The highest BCUT2D eigenvalue weighted by molar-refractivity contribution is 5.84. The Morgan fingerprint density at radius 2 is 1.53 bits per heavy atom. The molecule has 0 atom stereocenters. The fourth-order valence-electron chi connectivity index (χ4n) is 4.34. The fourth-order valence-corrected chi connectivity index (χ4v) is 4.34. The van der Waals surface area contributed by atoms with Crippen molar-refractivity contribution in [2.45, 2.75) is 50.9 Å². The first-order chi connectivity index (χ1) is 15.0. The summed E-state index contributed by atoms with van der Waals surface area (Å²) in [7, 11) is 0. The van der Waals surface area contributed by atoms with Gasteiger partial charge in [-0.3, -0.25) is 5.11 Å². The third-order valence-corrected chi connectivity index (χ3v) is 5.87. The molecule has 1 N–H and O–H groups in total. The summed E-state index contributed by atoms with van der Waals surface area (Å²) in [5.74, 6) is -2.50. The van der Waals surface area contributed by atoms with E-state index in [0.717, 1.165) is 37.7 Å². The number of hydrogen-bond donors (Lipinski definition) is 1. The van der Waals surface area contributed by atoms with Crippen molar-refractivity contribution in [2.24, 2.45) is 5.92 Å². The molecule has 9 heteroatoms. The lowest BCUT2D eigenvalue weighted by molar-refractivity contribution is -0.145. The summed E-state index contributed by atoms with van der Waals surface area (Å²) in [6.07, 6.45) is -2.11. The molecule has 0 unspecified atom stereocenters. The van der Waals surface area contributed by atoms with Gasteiger partial charge in [-0.05, 0) is 36.1 Å². The zero-order chi connectivity index (χ0) is 23.1. The van der Waals surface area contributed by atoms with Crippen LogP contribution in [0.15, 0.2) is 36.5 Å². The highest BCUT2D eigenvalue weighted by Crippen LogP contribution is 2.48. The number of hydrogen-bond acceptors (Lipinski definition) is 1. The molecule has 0 amide bonds. The quantitative estimate of drug-likeness (QED) is 0.395. The van der Waals surface area contributed by atoms with Crippen molar-refractivity contribution in [3.8, 4) is 17.2 Å². The largest absolute Gasteiger partial charge is 0.456 e. The van der Waals surface area contributed by atoms with Crippen molar-refractivity contribution >= 4 is 10.9 Å². The van der Waals surface area contributed by atoms with Gasteiger partial charge in [0.1, 0.15) is 16.9 Å². The van der Waals surface area contributed by atoms with Gasteiger partial charge < -0.3 is 9.72 Å². The van der Waals surface area contributed by atoms with E-state index >= 15 is 0 Å². The molecule has 1 radical (unpaired) electrons. The zero-order valence-corrected chi connectivity index (χ0v) is 16.9.